The fourth-order valence-corrected chi connectivity index (χ4v) is 2.91. The molecule has 6 heteroatoms. The zero-order valence-electron chi connectivity index (χ0n) is 15.4. The molecule has 1 heterocycles. The number of ether oxygens (including phenoxy) is 1. The lowest BCUT2D eigenvalue weighted by atomic mass is 10.1. The Morgan fingerprint density at radius 1 is 1.26 bits per heavy atom. The SMILES string of the molecule is CCc1cccc(NC(=NC[C@@H]2CCCO2)NC(=O)c2cccc(F)c2)c1. The number of hydrogen-bond acceptors (Lipinski definition) is 3. The van der Waals surface area contributed by atoms with Crippen LogP contribution < -0.4 is 10.6 Å². The lowest BCUT2D eigenvalue weighted by Crippen LogP contribution is -2.36. The van der Waals surface area contributed by atoms with Gasteiger partial charge in [-0.3, -0.25) is 10.1 Å². The van der Waals surface area contributed by atoms with Crippen molar-refractivity contribution >= 4 is 17.6 Å². The lowest BCUT2D eigenvalue weighted by molar-refractivity contribution is 0.0975. The van der Waals surface area contributed by atoms with Crippen molar-refractivity contribution < 1.29 is 13.9 Å². The molecule has 1 atom stereocenters. The Labute approximate surface area is 158 Å². The molecule has 1 aliphatic rings. The van der Waals surface area contributed by atoms with E-state index in [0.29, 0.717) is 12.5 Å². The summed E-state index contributed by atoms with van der Waals surface area (Å²) in [6, 6.07) is 13.5. The van der Waals surface area contributed by atoms with Crippen LogP contribution in [0.2, 0.25) is 0 Å². The molecule has 27 heavy (non-hydrogen) atoms. The molecule has 2 aromatic rings. The van der Waals surface area contributed by atoms with E-state index in [-0.39, 0.29) is 11.7 Å². The first-order chi connectivity index (χ1) is 13.1. The maximum atomic E-state index is 13.4. The first-order valence-corrected chi connectivity index (χ1v) is 9.23. The fraction of sp³-hybridized carbons (Fsp3) is 0.333. The minimum atomic E-state index is -0.455. The van der Waals surface area contributed by atoms with Gasteiger partial charge in [0, 0.05) is 17.9 Å². The maximum Gasteiger partial charge on any atom is 0.258 e. The van der Waals surface area contributed by atoms with Crippen molar-refractivity contribution in [3.63, 3.8) is 0 Å². The molecule has 0 unspecified atom stereocenters. The Hall–Kier alpha value is -2.73. The van der Waals surface area contributed by atoms with Crippen LogP contribution in [0.3, 0.4) is 0 Å². The summed E-state index contributed by atoms with van der Waals surface area (Å²) < 4.78 is 19.0. The first kappa shape index (κ1) is 19.0. The van der Waals surface area contributed by atoms with Crippen LogP contribution in [0, 0.1) is 5.82 Å². The molecule has 3 rings (SSSR count). The molecule has 2 N–H and O–H groups in total. The normalized spacial score (nSPS) is 17.0. The van der Waals surface area contributed by atoms with Gasteiger partial charge in [0.15, 0.2) is 0 Å². The van der Waals surface area contributed by atoms with Crippen molar-refractivity contribution in [2.24, 2.45) is 4.99 Å². The molecule has 0 spiro atoms. The smallest absolute Gasteiger partial charge is 0.258 e. The number of rotatable bonds is 5. The van der Waals surface area contributed by atoms with Gasteiger partial charge in [0.1, 0.15) is 5.82 Å². The van der Waals surface area contributed by atoms with Crippen LogP contribution in [0.1, 0.15) is 35.7 Å². The number of benzene rings is 2. The Morgan fingerprint density at radius 2 is 2.11 bits per heavy atom. The highest BCUT2D eigenvalue weighted by molar-refractivity contribution is 6.09. The number of nitrogens with zero attached hydrogens (tertiary/aromatic N) is 1. The zero-order valence-corrected chi connectivity index (χ0v) is 15.4. The highest BCUT2D eigenvalue weighted by Crippen LogP contribution is 2.14. The average molecular weight is 369 g/mol. The molecule has 0 bridgehead atoms. The van der Waals surface area contributed by atoms with Crippen LogP contribution in [-0.4, -0.2) is 31.1 Å². The van der Waals surface area contributed by atoms with Gasteiger partial charge in [-0.05, 0) is 55.2 Å². The van der Waals surface area contributed by atoms with E-state index in [1.54, 1.807) is 6.07 Å². The number of halogens is 1. The molecule has 0 aliphatic carbocycles. The minimum absolute atomic E-state index is 0.0647. The molecule has 5 nitrogen and oxygen atoms in total. The van der Waals surface area contributed by atoms with Crippen LogP contribution in [0.5, 0.6) is 0 Å². The van der Waals surface area contributed by atoms with E-state index in [4.69, 9.17) is 4.74 Å². The monoisotopic (exact) mass is 369 g/mol. The van der Waals surface area contributed by atoms with Crippen LogP contribution in [0.15, 0.2) is 53.5 Å². The van der Waals surface area contributed by atoms with Gasteiger partial charge in [-0.1, -0.05) is 25.1 Å². The summed E-state index contributed by atoms with van der Waals surface area (Å²) in [4.78, 5) is 17.0. The second-order valence-corrected chi connectivity index (χ2v) is 6.47. The summed E-state index contributed by atoms with van der Waals surface area (Å²) >= 11 is 0. The Kier molecular flexibility index (Phi) is 6.54. The van der Waals surface area contributed by atoms with E-state index in [9.17, 15) is 9.18 Å². The van der Waals surface area contributed by atoms with Gasteiger partial charge >= 0.3 is 0 Å². The Bertz CT molecular complexity index is 817. The van der Waals surface area contributed by atoms with Crippen LogP contribution >= 0.6 is 0 Å². The number of nitrogens with one attached hydrogen (secondary N) is 2. The second-order valence-electron chi connectivity index (χ2n) is 6.47. The van der Waals surface area contributed by atoms with Crippen LogP contribution in [0.25, 0.3) is 0 Å². The van der Waals surface area contributed by atoms with Gasteiger partial charge < -0.3 is 10.1 Å². The number of aryl methyl sites for hydroxylation is 1. The number of aliphatic imine (C=N–C) groups is 1. The van der Waals surface area contributed by atoms with E-state index >= 15 is 0 Å². The summed E-state index contributed by atoms with van der Waals surface area (Å²) in [6.45, 7) is 3.29. The standard InChI is InChI=1S/C21H24FN3O2/c1-2-15-6-3-9-18(12-15)24-21(23-14-19-10-5-11-27-19)25-20(26)16-7-4-8-17(22)13-16/h3-4,6-9,12-13,19H,2,5,10-11,14H2,1H3,(H2,23,24,25,26)/t19-/m0/s1. The molecule has 0 aromatic heterocycles. The van der Waals surface area contributed by atoms with Gasteiger partial charge in [-0.2, -0.15) is 0 Å². The summed E-state index contributed by atoms with van der Waals surface area (Å²) in [7, 11) is 0. The minimum Gasteiger partial charge on any atom is -0.376 e. The molecule has 1 fully saturated rings. The number of amides is 1. The molecular weight excluding hydrogens is 345 g/mol. The highest BCUT2D eigenvalue weighted by atomic mass is 19.1. The molecular formula is C21H24FN3O2. The first-order valence-electron chi connectivity index (χ1n) is 9.23. The molecule has 0 radical (unpaired) electrons. The van der Waals surface area contributed by atoms with Gasteiger partial charge in [-0.15, -0.1) is 0 Å². The molecule has 1 saturated heterocycles. The van der Waals surface area contributed by atoms with E-state index < -0.39 is 11.7 Å². The molecule has 142 valence electrons. The quantitative estimate of drug-likeness (QED) is 0.623. The summed E-state index contributed by atoms with van der Waals surface area (Å²) in [6.07, 6.45) is 2.96. The van der Waals surface area contributed by atoms with Crippen LogP contribution in [-0.2, 0) is 11.2 Å². The van der Waals surface area contributed by atoms with Crippen molar-refractivity contribution in [2.45, 2.75) is 32.3 Å². The number of hydrogen-bond donors (Lipinski definition) is 2. The molecule has 1 amide bonds. The Morgan fingerprint density at radius 3 is 2.85 bits per heavy atom. The van der Waals surface area contributed by atoms with E-state index in [0.717, 1.165) is 31.6 Å². The number of anilines is 1. The van der Waals surface area contributed by atoms with Crippen molar-refractivity contribution in [2.75, 3.05) is 18.5 Å². The molecule has 0 saturated carbocycles. The zero-order chi connectivity index (χ0) is 19.1. The predicted molar refractivity (Wildman–Crippen MR) is 105 cm³/mol. The van der Waals surface area contributed by atoms with Gasteiger partial charge in [0.2, 0.25) is 5.96 Å². The van der Waals surface area contributed by atoms with Crippen molar-refractivity contribution in [1.82, 2.24) is 5.32 Å². The average Bonchev–Trinajstić information content (AvgIpc) is 3.20. The van der Waals surface area contributed by atoms with Gasteiger partial charge in [0.05, 0.1) is 12.6 Å². The lowest BCUT2D eigenvalue weighted by Gasteiger charge is -2.14. The van der Waals surface area contributed by atoms with E-state index in [1.165, 1.54) is 23.8 Å². The second kappa shape index (κ2) is 9.28. The molecule has 2 aromatic carbocycles. The van der Waals surface area contributed by atoms with Crippen molar-refractivity contribution in [3.8, 4) is 0 Å². The summed E-state index contributed by atoms with van der Waals surface area (Å²) in [5, 5.41) is 5.91. The topological polar surface area (TPSA) is 62.7 Å². The van der Waals surface area contributed by atoms with Crippen molar-refractivity contribution in [1.29, 1.82) is 0 Å². The number of carbonyl (C=O) groups is 1. The third-order valence-corrected chi connectivity index (χ3v) is 4.39. The molecule has 1 aliphatic heterocycles. The Balaban J connectivity index is 1.75. The number of guanidine groups is 1. The third kappa shape index (κ3) is 5.62. The highest BCUT2D eigenvalue weighted by Gasteiger charge is 2.16. The van der Waals surface area contributed by atoms with Gasteiger partial charge in [0.25, 0.3) is 5.91 Å². The number of carbonyl (C=O) groups excluding carboxylic acids is 1. The van der Waals surface area contributed by atoms with Gasteiger partial charge in [-0.25, -0.2) is 9.38 Å². The summed E-state index contributed by atoms with van der Waals surface area (Å²) in [5.74, 6) is -0.545. The predicted octanol–water partition coefficient (Wildman–Crippen LogP) is 3.77. The summed E-state index contributed by atoms with van der Waals surface area (Å²) in [5.41, 5.74) is 2.25. The maximum absolute atomic E-state index is 13.4. The van der Waals surface area contributed by atoms with E-state index in [1.807, 2.05) is 24.3 Å². The largest absolute Gasteiger partial charge is 0.376 e. The van der Waals surface area contributed by atoms with Crippen LogP contribution in [0.4, 0.5) is 10.1 Å². The van der Waals surface area contributed by atoms with Crippen molar-refractivity contribution in [3.05, 3.63) is 65.5 Å². The fourth-order valence-electron chi connectivity index (χ4n) is 2.91. The third-order valence-electron chi connectivity index (χ3n) is 4.39. The van der Waals surface area contributed by atoms with E-state index in [2.05, 4.69) is 22.5 Å².